The molecule has 0 radical (unpaired) electrons. The Morgan fingerprint density at radius 2 is 1.84 bits per heavy atom. The Labute approximate surface area is 113 Å². The van der Waals surface area contributed by atoms with Crippen molar-refractivity contribution in [2.24, 2.45) is 0 Å². The first-order valence-corrected chi connectivity index (χ1v) is 6.49. The van der Waals surface area contributed by atoms with Crippen molar-refractivity contribution in [2.75, 3.05) is 14.2 Å². The van der Waals surface area contributed by atoms with E-state index < -0.39 is 0 Å². The summed E-state index contributed by atoms with van der Waals surface area (Å²) in [7, 11) is 3.15. The molecule has 1 heterocycles. The van der Waals surface area contributed by atoms with Gasteiger partial charge in [0.2, 0.25) is 0 Å². The zero-order valence-corrected chi connectivity index (χ0v) is 11.9. The summed E-state index contributed by atoms with van der Waals surface area (Å²) in [6.45, 7) is 3.89. The molecular formula is C15H20O4. The fourth-order valence-electron chi connectivity index (χ4n) is 2.41. The number of ketones is 1. The fraction of sp³-hybridized carbons (Fsp3) is 0.533. The summed E-state index contributed by atoms with van der Waals surface area (Å²) < 4.78 is 16.1. The van der Waals surface area contributed by atoms with E-state index in [1.807, 2.05) is 19.9 Å². The van der Waals surface area contributed by atoms with Crippen LogP contribution in [0.4, 0.5) is 0 Å². The van der Waals surface area contributed by atoms with Crippen LogP contribution in [-0.2, 0) is 4.74 Å². The van der Waals surface area contributed by atoms with E-state index in [0.29, 0.717) is 17.1 Å². The van der Waals surface area contributed by atoms with Gasteiger partial charge in [-0.2, -0.15) is 0 Å². The first-order valence-electron chi connectivity index (χ1n) is 6.49. The summed E-state index contributed by atoms with van der Waals surface area (Å²) in [4.78, 5) is 12.5. The summed E-state index contributed by atoms with van der Waals surface area (Å²) in [6.07, 6.45) is 1.55. The van der Waals surface area contributed by atoms with Crippen LogP contribution in [0.5, 0.6) is 11.5 Å². The van der Waals surface area contributed by atoms with E-state index in [1.54, 1.807) is 20.3 Å². The molecule has 1 aliphatic rings. The highest BCUT2D eigenvalue weighted by atomic mass is 16.5. The largest absolute Gasteiger partial charge is 0.493 e. The van der Waals surface area contributed by atoms with Crippen molar-refractivity contribution in [3.63, 3.8) is 0 Å². The first-order chi connectivity index (χ1) is 9.06. The van der Waals surface area contributed by atoms with Crippen LogP contribution in [0, 0.1) is 6.92 Å². The minimum Gasteiger partial charge on any atom is -0.493 e. The van der Waals surface area contributed by atoms with Crippen LogP contribution in [0.3, 0.4) is 0 Å². The first kappa shape index (κ1) is 13.9. The van der Waals surface area contributed by atoms with Crippen molar-refractivity contribution >= 4 is 5.78 Å². The van der Waals surface area contributed by atoms with Gasteiger partial charge in [-0.25, -0.2) is 0 Å². The molecule has 1 saturated heterocycles. The molecule has 0 aromatic heterocycles. The van der Waals surface area contributed by atoms with Crippen LogP contribution in [0.15, 0.2) is 12.1 Å². The number of rotatable bonds is 4. The molecular weight excluding hydrogens is 244 g/mol. The van der Waals surface area contributed by atoms with Gasteiger partial charge in [-0.3, -0.25) is 4.79 Å². The summed E-state index contributed by atoms with van der Waals surface area (Å²) in [5.74, 6) is 1.24. The maximum Gasteiger partial charge on any atom is 0.191 e. The molecule has 2 rings (SSSR count). The summed E-state index contributed by atoms with van der Waals surface area (Å²) in [6, 6.07) is 3.56. The summed E-state index contributed by atoms with van der Waals surface area (Å²) >= 11 is 0. The lowest BCUT2D eigenvalue weighted by Crippen LogP contribution is -2.21. The van der Waals surface area contributed by atoms with Crippen molar-refractivity contribution in [2.45, 2.75) is 38.9 Å². The minimum atomic E-state index is -0.327. The second-order valence-electron chi connectivity index (χ2n) is 4.90. The lowest BCUT2D eigenvalue weighted by molar-refractivity contribution is 0.0432. The van der Waals surface area contributed by atoms with E-state index in [1.165, 1.54) is 0 Å². The third kappa shape index (κ3) is 2.73. The second-order valence-corrected chi connectivity index (χ2v) is 4.90. The Morgan fingerprint density at radius 3 is 2.37 bits per heavy atom. The molecule has 104 valence electrons. The Bertz CT molecular complexity index is 481. The van der Waals surface area contributed by atoms with E-state index in [2.05, 4.69) is 0 Å². The molecule has 1 aromatic rings. The van der Waals surface area contributed by atoms with Gasteiger partial charge in [0.05, 0.1) is 20.3 Å². The molecule has 1 aliphatic heterocycles. The van der Waals surface area contributed by atoms with Crippen molar-refractivity contribution in [3.05, 3.63) is 23.3 Å². The summed E-state index contributed by atoms with van der Waals surface area (Å²) in [5.41, 5.74) is 1.53. The average molecular weight is 264 g/mol. The van der Waals surface area contributed by atoms with Crippen molar-refractivity contribution in [1.29, 1.82) is 0 Å². The molecule has 0 saturated carbocycles. The van der Waals surface area contributed by atoms with Gasteiger partial charge in [0.1, 0.15) is 6.10 Å². The van der Waals surface area contributed by atoms with Gasteiger partial charge < -0.3 is 14.2 Å². The van der Waals surface area contributed by atoms with Crippen molar-refractivity contribution < 1.29 is 19.0 Å². The number of hydrogen-bond donors (Lipinski definition) is 0. The zero-order valence-electron chi connectivity index (χ0n) is 11.9. The molecule has 4 nitrogen and oxygen atoms in total. The normalized spacial score (nSPS) is 22.3. The third-order valence-electron chi connectivity index (χ3n) is 3.52. The Morgan fingerprint density at radius 1 is 1.21 bits per heavy atom. The van der Waals surface area contributed by atoms with Crippen molar-refractivity contribution in [3.8, 4) is 11.5 Å². The smallest absolute Gasteiger partial charge is 0.191 e. The van der Waals surface area contributed by atoms with Crippen LogP contribution in [-0.4, -0.2) is 32.2 Å². The predicted molar refractivity (Wildman–Crippen MR) is 72.2 cm³/mol. The van der Waals surface area contributed by atoms with Gasteiger partial charge >= 0.3 is 0 Å². The average Bonchev–Trinajstić information content (AvgIpc) is 2.84. The van der Waals surface area contributed by atoms with Gasteiger partial charge in [0.25, 0.3) is 0 Å². The number of carbonyl (C=O) groups is 1. The molecule has 0 bridgehead atoms. The molecule has 19 heavy (non-hydrogen) atoms. The maximum absolute atomic E-state index is 12.5. The van der Waals surface area contributed by atoms with Gasteiger partial charge in [-0.15, -0.1) is 0 Å². The van der Waals surface area contributed by atoms with Crippen LogP contribution in [0.1, 0.15) is 35.7 Å². The maximum atomic E-state index is 12.5. The summed E-state index contributed by atoms with van der Waals surface area (Å²) in [5, 5.41) is 0. The highest BCUT2D eigenvalue weighted by Gasteiger charge is 2.30. The molecule has 2 atom stereocenters. The molecule has 0 aliphatic carbocycles. The SMILES string of the molecule is COc1cc(C)c(C(=O)C2CCC(C)O2)cc1OC. The van der Waals surface area contributed by atoms with E-state index >= 15 is 0 Å². The number of methoxy groups -OCH3 is 2. The molecule has 2 unspecified atom stereocenters. The number of Topliss-reactive ketones (excluding diaryl/α,β-unsaturated/α-hetero) is 1. The zero-order chi connectivity index (χ0) is 14.0. The van der Waals surface area contributed by atoms with E-state index in [-0.39, 0.29) is 18.0 Å². The van der Waals surface area contributed by atoms with Crippen LogP contribution >= 0.6 is 0 Å². The van der Waals surface area contributed by atoms with Crippen LogP contribution in [0.25, 0.3) is 0 Å². The van der Waals surface area contributed by atoms with Crippen LogP contribution in [0.2, 0.25) is 0 Å². The van der Waals surface area contributed by atoms with Gasteiger partial charge in [-0.1, -0.05) is 0 Å². The number of aryl methyl sites for hydroxylation is 1. The number of ether oxygens (including phenoxy) is 3. The fourth-order valence-corrected chi connectivity index (χ4v) is 2.41. The van der Waals surface area contributed by atoms with E-state index in [4.69, 9.17) is 14.2 Å². The quantitative estimate of drug-likeness (QED) is 0.784. The number of benzene rings is 1. The van der Waals surface area contributed by atoms with Crippen molar-refractivity contribution in [1.82, 2.24) is 0 Å². The van der Waals surface area contributed by atoms with Gasteiger partial charge in [0, 0.05) is 5.56 Å². The third-order valence-corrected chi connectivity index (χ3v) is 3.52. The van der Waals surface area contributed by atoms with Gasteiger partial charge in [0.15, 0.2) is 17.3 Å². The Balaban J connectivity index is 2.31. The Hall–Kier alpha value is -1.55. The van der Waals surface area contributed by atoms with Gasteiger partial charge in [-0.05, 0) is 44.4 Å². The topological polar surface area (TPSA) is 44.8 Å². The molecule has 0 amide bonds. The number of carbonyl (C=O) groups excluding carboxylic acids is 1. The minimum absolute atomic E-state index is 0.0304. The molecule has 4 heteroatoms. The Kier molecular flexibility index (Phi) is 4.10. The molecule has 0 spiro atoms. The van der Waals surface area contributed by atoms with E-state index in [9.17, 15) is 4.79 Å². The standard InChI is InChI=1S/C15H20O4/c1-9-7-13(17-3)14(18-4)8-11(9)15(16)12-6-5-10(2)19-12/h7-8,10,12H,5-6H2,1-4H3. The highest BCUT2D eigenvalue weighted by Crippen LogP contribution is 2.32. The molecule has 1 fully saturated rings. The predicted octanol–water partition coefficient (Wildman–Crippen LogP) is 2.76. The highest BCUT2D eigenvalue weighted by molar-refractivity contribution is 6.01. The van der Waals surface area contributed by atoms with Crippen LogP contribution < -0.4 is 9.47 Å². The van der Waals surface area contributed by atoms with E-state index in [0.717, 1.165) is 18.4 Å². The monoisotopic (exact) mass is 264 g/mol. The number of hydrogen-bond acceptors (Lipinski definition) is 4. The second kappa shape index (κ2) is 5.61. The molecule has 0 N–H and O–H groups in total. The molecule has 1 aromatic carbocycles. The lowest BCUT2D eigenvalue weighted by Gasteiger charge is -2.15. The lowest BCUT2D eigenvalue weighted by atomic mass is 9.98.